The summed E-state index contributed by atoms with van der Waals surface area (Å²) in [5, 5.41) is 21.0. The van der Waals surface area contributed by atoms with Gasteiger partial charge in [-0.25, -0.2) is 0 Å². The SMILES string of the molecule is COc1ccc(C(O)C2COC(c3ccc4c(c3)OCO4)C2CO)cc1OC. The van der Waals surface area contributed by atoms with E-state index in [4.69, 9.17) is 23.7 Å². The summed E-state index contributed by atoms with van der Waals surface area (Å²) in [6, 6.07) is 10.9. The second-order valence-corrected chi connectivity index (χ2v) is 6.94. The van der Waals surface area contributed by atoms with E-state index in [1.807, 2.05) is 18.2 Å². The number of aliphatic hydroxyl groups excluding tert-OH is 2. The van der Waals surface area contributed by atoms with Gasteiger partial charge in [0.2, 0.25) is 6.79 Å². The van der Waals surface area contributed by atoms with Crippen LogP contribution in [0.5, 0.6) is 23.0 Å². The summed E-state index contributed by atoms with van der Waals surface area (Å²) >= 11 is 0. The molecule has 150 valence electrons. The van der Waals surface area contributed by atoms with Crippen LogP contribution in [-0.4, -0.2) is 44.4 Å². The molecule has 0 aromatic heterocycles. The van der Waals surface area contributed by atoms with Crippen molar-refractivity contribution >= 4 is 0 Å². The molecule has 7 nitrogen and oxygen atoms in total. The lowest BCUT2D eigenvalue weighted by atomic mass is 9.82. The molecule has 4 rings (SSSR count). The number of benzene rings is 2. The summed E-state index contributed by atoms with van der Waals surface area (Å²) < 4.78 is 27.4. The lowest BCUT2D eigenvalue weighted by Gasteiger charge is -2.25. The van der Waals surface area contributed by atoms with Crippen molar-refractivity contribution in [2.45, 2.75) is 12.2 Å². The van der Waals surface area contributed by atoms with Gasteiger partial charge < -0.3 is 33.9 Å². The first-order valence-corrected chi connectivity index (χ1v) is 9.18. The highest BCUT2D eigenvalue weighted by Gasteiger charge is 2.42. The molecule has 4 atom stereocenters. The van der Waals surface area contributed by atoms with Gasteiger partial charge in [0.1, 0.15) is 0 Å². The molecule has 2 aliphatic rings. The maximum absolute atomic E-state index is 11.0. The Hall–Kier alpha value is -2.48. The second kappa shape index (κ2) is 7.87. The van der Waals surface area contributed by atoms with Crippen molar-refractivity contribution in [1.29, 1.82) is 0 Å². The van der Waals surface area contributed by atoms with E-state index >= 15 is 0 Å². The van der Waals surface area contributed by atoms with Crippen LogP contribution >= 0.6 is 0 Å². The summed E-state index contributed by atoms with van der Waals surface area (Å²) in [7, 11) is 3.12. The van der Waals surface area contributed by atoms with E-state index in [1.165, 1.54) is 0 Å². The summed E-state index contributed by atoms with van der Waals surface area (Å²) in [5.74, 6) is 1.98. The molecule has 28 heavy (non-hydrogen) atoms. The normalized spacial score (nSPS) is 24.2. The Morgan fingerprint density at radius 1 is 1.04 bits per heavy atom. The minimum Gasteiger partial charge on any atom is -0.493 e. The smallest absolute Gasteiger partial charge is 0.231 e. The van der Waals surface area contributed by atoms with E-state index in [0.29, 0.717) is 35.2 Å². The van der Waals surface area contributed by atoms with Gasteiger partial charge in [0, 0.05) is 18.4 Å². The quantitative estimate of drug-likeness (QED) is 0.786. The van der Waals surface area contributed by atoms with Crippen molar-refractivity contribution < 1.29 is 33.9 Å². The van der Waals surface area contributed by atoms with Crippen LogP contribution in [0.3, 0.4) is 0 Å². The average molecular weight is 388 g/mol. The van der Waals surface area contributed by atoms with Crippen molar-refractivity contribution in [3.63, 3.8) is 0 Å². The highest BCUT2D eigenvalue weighted by molar-refractivity contribution is 5.46. The number of hydrogen-bond acceptors (Lipinski definition) is 7. The number of aliphatic hydroxyl groups is 2. The zero-order valence-electron chi connectivity index (χ0n) is 15.8. The van der Waals surface area contributed by atoms with Gasteiger partial charge in [-0.1, -0.05) is 12.1 Å². The van der Waals surface area contributed by atoms with E-state index in [1.54, 1.807) is 32.4 Å². The Balaban J connectivity index is 1.57. The summed E-state index contributed by atoms with van der Waals surface area (Å²) in [6.07, 6.45) is -1.14. The van der Waals surface area contributed by atoms with E-state index in [0.717, 1.165) is 5.56 Å². The van der Waals surface area contributed by atoms with Gasteiger partial charge in [-0.05, 0) is 35.4 Å². The van der Waals surface area contributed by atoms with E-state index < -0.39 is 6.10 Å². The van der Waals surface area contributed by atoms with Gasteiger partial charge in [-0.2, -0.15) is 0 Å². The summed E-state index contributed by atoms with van der Waals surface area (Å²) in [5.41, 5.74) is 1.58. The Morgan fingerprint density at radius 3 is 2.57 bits per heavy atom. The molecule has 1 saturated heterocycles. The number of ether oxygens (including phenoxy) is 5. The van der Waals surface area contributed by atoms with Gasteiger partial charge in [-0.15, -0.1) is 0 Å². The van der Waals surface area contributed by atoms with Crippen LogP contribution in [0.25, 0.3) is 0 Å². The Bertz CT molecular complexity index is 837. The molecular formula is C21H24O7. The van der Waals surface area contributed by atoms with Crippen LogP contribution in [0.1, 0.15) is 23.3 Å². The molecule has 2 N–H and O–H groups in total. The number of fused-ring (bicyclic) bond motifs is 1. The third-order valence-electron chi connectivity index (χ3n) is 5.50. The molecule has 2 aromatic carbocycles. The first kappa shape index (κ1) is 18.9. The van der Waals surface area contributed by atoms with Gasteiger partial charge in [0.15, 0.2) is 23.0 Å². The molecule has 2 aliphatic heterocycles. The van der Waals surface area contributed by atoms with E-state index in [-0.39, 0.29) is 31.3 Å². The van der Waals surface area contributed by atoms with Crippen molar-refractivity contribution in [2.75, 3.05) is 34.2 Å². The molecule has 0 amide bonds. The molecule has 4 unspecified atom stereocenters. The van der Waals surface area contributed by atoms with Crippen LogP contribution in [0, 0.1) is 11.8 Å². The molecule has 2 heterocycles. The third-order valence-corrected chi connectivity index (χ3v) is 5.50. The maximum Gasteiger partial charge on any atom is 0.231 e. The third kappa shape index (κ3) is 3.26. The Kier molecular flexibility index (Phi) is 5.30. The van der Waals surface area contributed by atoms with Crippen LogP contribution in [0.4, 0.5) is 0 Å². The topological polar surface area (TPSA) is 86.6 Å². The molecule has 0 saturated carbocycles. The monoisotopic (exact) mass is 388 g/mol. The fourth-order valence-electron chi connectivity index (χ4n) is 3.96. The van der Waals surface area contributed by atoms with Crippen molar-refractivity contribution in [3.8, 4) is 23.0 Å². The van der Waals surface area contributed by atoms with Crippen molar-refractivity contribution in [1.82, 2.24) is 0 Å². The van der Waals surface area contributed by atoms with E-state index in [2.05, 4.69) is 0 Å². The average Bonchev–Trinajstić information content (AvgIpc) is 3.38. The van der Waals surface area contributed by atoms with Crippen LogP contribution in [-0.2, 0) is 4.74 Å². The van der Waals surface area contributed by atoms with Crippen molar-refractivity contribution in [3.05, 3.63) is 47.5 Å². The second-order valence-electron chi connectivity index (χ2n) is 6.94. The fourth-order valence-corrected chi connectivity index (χ4v) is 3.96. The molecule has 0 aliphatic carbocycles. The fraction of sp³-hybridized carbons (Fsp3) is 0.429. The predicted octanol–water partition coefficient (Wildman–Crippen LogP) is 2.46. The molecule has 1 fully saturated rings. The highest BCUT2D eigenvalue weighted by atomic mass is 16.7. The standard InChI is InChI=1S/C21H24O7/c1-24-16-5-3-12(7-18(16)25-2)20(23)15-10-26-21(14(15)9-22)13-4-6-17-19(8-13)28-11-27-17/h3-8,14-15,20-23H,9-11H2,1-2H3. The number of methoxy groups -OCH3 is 2. The number of rotatable bonds is 6. The minimum absolute atomic E-state index is 0.103. The first-order chi connectivity index (χ1) is 13.7. The Morgan fingerprint density at radius 2 is 1.82 bits per heavy atom. The first-order valence-electron chi connectivity index (χ1n) is 9.18. The Labute approximate surface area is 163 Å². The molecular weight excluding hydrogens is 364 g/mol. The van der Waals surface area contributed by atoms with Crippen LogP contribution in [0.2, 0.25) is 0 Å². The largest absolute Gasteiger partial charge is 0.493 e. The molecule has 2 aromatic rings. The van der Waals surface area contributed by atoms with Gasteiger partial charge in [0.25, 0.3) is 0 Å². The zero-order chi connectivity index (χ0) is 19.7. The molecule has 7 heteroatoms. The molecule has 0 radical (unpaired) electrons. The highest BCUT2D eigenvalue weighted by Crippen LogP contribution is 2.46. The van der Waals surface area contributed by atoms with Gasteiger partial charge in [-0.3, -0.25) is 0 Å². The summed E-state index contributed by atoms with van der Waals surface area (Å²) in [6.45, 7) is 0.433. The molecule has 0 bridgehead atoms. The van der Waals surface area contributed by atoms with E-state index in [9.17, 15) is 10.2 Å². The summed E-state index contributed by atoms with van der Waals surface area (Å²) in [4.78, 5) is 0. The predicted molar refractivity (Wildman–Crippen MR) is 99.8 cm³/mol. The van der Waals surface area contributed by atoms with Crippen LogP contribution < -0.4 is 18.9 Å². The van der Waals surface area contributed by atoms with Gasteiger partial charge >= 0.3 is 0 Å². The lowest BCUT2D eigenvalue weighted by molar-refractivity contribution is 0.0633. The van der Waals surface area contributed by atoms with Gasteiger partial charge in [0.05, 0.1) is 33.0 Å². The zero-order valence-corrected chi connectivity index (χ0v) is 15.8. The van der Waals surface area contributed by atoms with Crippen molar-refractivity contribution in [2.24, 2.45) is 11.8 Å². The lowest BCUT2D eigenvalue weighted by Crippen LogP contribution is -2.25. The maximum atomic E-state index is 11.0. The number of hydrogen-bond donors (Lipinski definition) is 2. The van der Waals surface area contributed by atoms with Crippen LogP contribution in [0.15, 0.2) is 36.4 Å². The molecule has 0 spiro atoms. The minimum atomic E-state index is -0.809.